The lowest BCUT2D eigenvalue weighted by Crippen LogP contribution is -2.48. The van der Waals surface area contributed by atoms with E-state index < -0.39 is 6.09 Å². The van der Waals surface area contributed by atoms with Crippen LogP contribution in [-0.2, 0) is 6.42 Å². The molecule has 0 aliphatic carbocycles. The second-order valence-electron chi connectivity index (χ2n) is 10.9. The highest BCUT2D eigenvalue weighted by molar-refractivity contribution is 6.09. The Kier molecular flexibility index (Phi) is 7.27. The molecule has 5 rings (SSSR count). The Morgan fingerprint density at radius 2 is 1.75 bits per heavy atom. The van der Waals surface area contributed by atoms with Crippen molar-refractivity contribution in [2.45, 2.75) is 40.2 Å². The summed E-state index contributed by atoms with van der Waals surface area (Å²) in [4.78, 5) is 52.8. The highest BCUT2D eigenvalue weighted by Gasteiger charge is 2.30. The van der Waals surface area contributed by atoms with Gasteiger partial charge in [0, 0.05) is 74.5 Å². The van der Waals surface area contributed by atoms with E-state index in [2.05, 4.69) is 34.7 Å². The molecule has 3 aromatic rings. The third kappa shape index (κ3) is 5.01. The molecule has 0 radical (unpaired) electrons. The van der Waals surface area contributed by atoms with Gasteiger partial charge in [-0.15, -0.1) is 0 Å². The molecule has 0 saturated carbocycles. The van der Waals surface area contributed by atoms with Gasteiger partial charge in [0.05, 0.1) is 0 Å². The molecule has 10 heteroatoms. The molecule has 2 aliphatic rings. The Balaban J connectivity index is 1.50. The minimum absolute atomic E-state index is 0.220. The number of anilines is 3. The number of aromatic amines is 1. The second-order valence-corrected chi connectivity index (χ2v) is 10.9. The zero-order chi connectivity index (χ0) is 28.7. The number of hydrogen-bond acceptors (Lipinski definition) is 6. The van der Waals surface area contributed by atoms with Gasteiger partial charge in [-0.3, -0.25) is 9.59 Å². The number of nitrogens with one attached hydrogen (secondary N) is 1. The molecule has 1 saturated heterocycles. The van der Waals surface area contributed by atoms with Gasteiger partial charge in [-0.1, -0.05) is 0 Å². The maximum Gasteiger partial charge on any atom is 0.407 e. The van der Waals surface area contributed by atoms with Crippen LogP contribution in [0.4, 0.5) is 22.0 Å². The van der Waals surface area contributed by atoms with Gasteiger partial charge < -0.3 is 29.7 Å². The summed E-state index contributed by atoms with van der Waals surface area (Å²) in [7, 11) is 1.66. The average Bonchev–Trinajstić information content (AvgIpc) is 3.36. The number of carboxylic acid groups (broad SMARTS) is 1. The van der Waals surface area contributed by atoms with Crippen LogP contribution in [0.15, 0.2) is 41.3 Å². The Morgan fingerprint density at radius 3 is 2.35 bits per heavy atom. The first kappa shape index (κ1) is 27.2. The fourth-order valence-electron chi connectivity index (χ4n) is 5.84. The van der Waals surface area contributed by atoms with Crippen LogP contribution in [0.5, 0.6) is 0 Å². The number of piperazine rings is 1. The highest BCUT2D eigenvalue weighted by Crippen LogP contribution is 2.38. The molecule has 1 aromatic carbocycles. The van der Waals surface area contributed by atoms with Crippen molar-refractivity contribution in [3.8, 4) is 11.1 Å². The van der Waals surface area contributed by atoms with E-state index in [1.165, 1.54) is 9.80 Å². The smallest absolute Gasteiger partial charge is 0.407 e. The molecule has 1 fully saturated rings. The van der Waals surface area contributed by atoms with Crippen LogP contribution >= 0.6 is 0 Å². The number of H-pyrrole nitrogens is 1. The van der Waals surface area contributed by atoms with E-state index in [0.29, 0.717) is 37.4 Å². The zero-order valence-corrected chi connectivity index (χ0v) is 23.7. The number of carbonyl (C=O) groups excluding carboxylic acids is 1. The van der Waals surface area contributed by atoms with Crippen LogP contribution in [0.1, 0.15) is 41.0 Å². The molecule has 2 amide bonds. The largest absolute Gasteiger partial charge is 0.465 e. The molecular weight excluding hydrogens is 508 g/mol. The Morgan fingerprint density at radius 1 is 1.02 bits per heavy atom. The minimum Gasteiger partial charge on any atom is -0.465 e. The van der Waals surface area contributed by atoms with Crippen LogP contribution in [0.25, 0.3) is 11.1 Å². The van der Waals surface area contributed by atoms with Gasteiger partial charge in [-0.25, -0.2) is 9.78 Å². The monoisotopic (exact) mass is 544 g/mol. The van der Waals surface area contributed by atoms with Crippen molar-refractivity contribution in [1.82, 2.24) is 14.9 Å². The predicted molar refractivity (Wildman–Crippen MR) is 157 cm³/mol. The van der Waals surface area contributed by atoms with Crippen molar-refractivity contribution in [2.24, 2.45) is 0 Å². The van der Waals surface area contributed by atoms with Gasteiger partial charge >= 0.3 is 6.09 Å². The average molecular weight is 545 g/mol. The van der Waals surface area contributed by atoms with Gasteiger partial charge in [-0.2, -0.15) is 0 Å². The maximum absolute atomic E-state index is 14.0. The van der Waals surface area contributed by atoms with E-state index in [4.69, 9.17) is 4.98 Å². The number of pyridine rings is 2. The third-order valence-corrected chi connectivity index (χ3v) is 7.92. The first-order valence-corrected chi connectivity index (χ1v) is 13.7. The predicted octanol–water partition coefficient (Wildman–Crippen LogP) is 3.90. The molecule has 0 bridgehead atoms. The maximum atomic E-state index is 14.0. The molecule has 40 heavy (non-hydrogen) atoms. The topological polar surface area (TPSA) is 113 Å². The molecule has 2 N–H and O–H groups in total. The van der Waals surface area contributed by atoms with E-state index in [0.717, 1.165) is 52.4 Å². The summed E-state index contributed by atoms with van der Waals surface area (Å²) in [6.45, 7) is 10.8. The van der Waals surface area contributed by atoms with Gasteiger partial charge in [0.15, 0.2) is 0 Å². The number of fused-ring (bicyclic) bond motifs is 1. The molecule has 2 aromatic heterocycles. The standard InChI is InChI=1S/C30H36N6O4/c1-18(2)36-9-8-23-24(29(38)33(5)27-19(3)14-20(4)32-28(27)37)15-22(16-25(23)36)21-6-7-26(31-17-21)34-10-12-35(13-11-34)30(39)40/h6-7,14-18H,8-13H2,1-5H3,(H,32,37)(H,39,40). The lowest BCUT2D eigenvalue weighted by atomic mass is 9.96. The normalized spacial score (nSPS) is 15.0. The van der Waals surface area contributed by atoms with Crippen molar-refractivity contribution in [1.29, 1.82) is 0 Å². The van der Waals surface area contributed by atoms with Crippen molar-refractivity contribution in [3.63, 3.8) is 0 Å². The Bertz CT molecular complexity index is 1510. The van der Waals surface area contributed by atoms with Crippen LogP contribution in [0.3, 0.4) is 0 Å². The van der Waals surface area contributed by atoms with E-state index in [1.807, 2.05) is 44.3 Å². The van der Waals surface area contributed by atoms with E-state index >= 15 is 0 Å². The fraction of sp³-hybridized carbons (Fsp3) is 0.400. The summed E-state index contributed by atoms with van der Waals surface area (Å²) in [5.41, 5.74) is 5.95. The van der Waals surface area contributed by atoms with Crippen molar-refractivity contribution < 1.29 is 14.7 Å². The number of hydrogen-bond donors (Lipinski definition) is 2. The van der Waals surface area contributed by atoms with Crippen molar-refractivity contribution in [2.75, 3.05) is 54.5 Å². The lowest BCUT2D eigenvalue weighted by molar-refractivity contribution is 0.0991. The molecule has 4 heterocycles. The van der Waals surface area contributed by atoms with Gasteiger partial charge in [0.1, 0.15) is 11.5 Å². The first-order chi connectivity index (χ1) is 19.0. The third-order valence-electron chi connectivity index (χ3n) is 7.92. The second kappa shape index (κ2) is 10.7. The number of benzene rings is 1. The number of amides is 2. The Labute approximate surface area is 233 Å². The minimum atomic E-state index is -0.895. The fourth-order valence-corrected chi connectivity index (χ4v) is 5.84. The molecule has 0 spiro atoms. The van der Waals surface area contributed by atoms with Crippen molar-refractivity contribution in [3.05, 3.63) is 69.3 Å². The van der Waals surface area contributed by atoms with E-state index in [-0.39, 0.29) is 17.5 Å². The molecule has 210 valence electrons. The summed E-state index contributed by atoms with van der Waals surface area (Å²) in [6, 6.07) is 10.1. The number of carbonyl (C=O) groups is 2. The van der Waals surface area contributed by atoms with Gasteiger partial charge in [0.2, 0.25) is 0 Å². The molecule has 0 atom stereocenters. The van der Waals surface area contributed by atoms with Crippen LogP contribution < -0.4 is 20.3 Å². The van der Waals surface area contributed by atoms with E-state index in [1.54, 1.807) is 7.05 Å². The summed E-state index contributed by atoms with van der Waals surface area (Å²) >= 11 is 0. The summed E-state index contributed by atoms with van der Waals surface area (Å²) < 4.78 is 0. The van der Waals surface area contributed by atoms with Crippen LogP contribution in [0.2, 0.25) is 0 Å². The van der Waals surface area contributed by atoms with Gasteiger partial charge in [-0.05, 0) is 81.1 Å². The highest BCUT2D eigenvalue weighted by atomic mass is 16.4. The van der Waals surface area contributed by atoms with Gasteiger partial charge in [0.25, 0.3) is 11.5 Å². The summed E-state index contributed by atoms with van der Waals surface area (Å²) in [6.07, 6.45) is 1.67. The molecule has 10 nitrogen and oxygen atoms in total. The van der Waals surface area contributed by atoms with Crippen LogP contribution in [-0.4, -0.2) is 77.8 Å². The lowest BCUT2D eigenvalue weighted by Gasteiger charge is -2.33. The number of nitrogens with zero attached hydrogens (tertiary/aromatic N) is 5. The molecule has 2 aliphatic heterocycles. The quantitative estimate of drug-likeness (QED) is 0.501. The number of aryl methyl sites for hydroxylation is 2. The molecule has 0 unspecified atom stereocenters. The van der Waals surface area contributed by atoms with E-state index in [9.17, 15) is 19.5 Å². The molecular formula is C30H36N6O4. The number of aromatic nitrogens is 2. The summed E-state index contributed by atoms with van der Waals surface area (Å²) in [5, 5.41) is 9.22. The first-order valence-electron chi connectivity index (χ1n) is 13.7. The number of rotatable bonds is 5. The Hall–Kier alpha value is -4.34. The van der Waals surface area contributed by atoms with Crippen molar-refractivity contribution >= 4 is 29.2 Å². The van der Waals surface area contributed by atoms with Crippen LogP contribution in [0, 0.1) is 13.8 Å². The summed E-state index contributed by atoms with van der Waals surface area (Å²) in [5.74, 6) is 0.575. The SMILES string of the molecule is Cc1cc(C)c(N(C)C(=O)c2cc(-c3ccc(N4CCN(C(=O)O)CC4)nc3)cc3c2CCN3C(C)C)c(=O)[nH]1. The zero-order valence-electron chi connectivity index (χ0n) is 23.7.